The van der Waals surface area contributed by atoms with E-state index in [2.05, 4.69) is 15.6 Å². The molecule has 52 valence electrons. The summed E-state index contributed by atoms with van der Waals surface area (Å²) in [7, 11) is 0. The average Bonchev–Trinajstić information content (AvgIpc) is 2.39. The van der Waals surface area contributed by atoms with Crippen LogP contribution in [0, 0.1) is 0 Å². The molecule has 2 aliphatic heterocycles. The van der Waals surface area contributed by atoms with Gasteiger partial charge >= 0.3 is 0 Å². The molecule has 5 heteroatoms. The predicted octanol–water partition coefficient (Wildman–Crippen LogP) is -1.57. The van der Waals surface area contributed by atoms with E-state index in [-0.39, 0.29) is 11.7 Å². The first-order valence-corrected chi connectivity index (χ1v) is 2.77. The standard InChI is InChI=1S/C5H4N2O3/c8-4-2-1-6-10-3(2)5(9)7-4/h6H,1H2,(H,7,8,9). The number of nitrogens with one attached hydrogen (secondary N) is 2. The highest BCUT2D eigenvalue weighted by atomic mass is 16.7. The van der Waals surface area contributed by atoms with E-state index in [0.29, 0.717) is 12.1 Å². The Balaban J connectivity index is 2.45. The van der Waals surface area contributed by atoms with Gasteiger partial charge in [0.2, 0.25) is 5.76 Å². The van der Waals surface area contributed by atoms with Crippen LogP contribution in [0.2, 0.25) is 0 Å². The fraction of sp³-hybridized carbons (Fsp3) is 0.200. The van der Waals surface area contributed by atoms with Gasteiger partial charge in [-0.2, -0.15) is 5.48 Å². The minimum absolute atomic E-state index is 0.116. The predicted molar refractivity (Wildman–Crippen MR) is 29.3 cm³/mol. The molecule has 5 nitrogen and oxygen atoms in total. The van der Waals surface area contributed by atoms with Crippen LogP contribution in [0.5, 0.6) is 0 Å². The Bertz CT molecular complexity index is 232. The molecule has 0 aliphatic carbocycles. The van der Waals surface area contributed by atoms with Crippen molar-refractivity contribution >= 4 is 11.8 Å². The van der Waals surface area contributed by atoms with Crippen LogP contribution in [0.15, 0.2) is 11.3 Å². The van der Waals surface area contributed by atoms with Crippen molar-refractivity contribution in [1.82, 2.24) is 10.8 Å². The molecule has 0 aromatic carbocycles. The number of amides is 2. The molecule has 2 aliphatic rings. The molecule has 0 unspecified atom stereocenters. The van der Waals surface area contributed by atoms with Gasteiger partial charge in [-0.3, -0.25) is 14.9 Å². The fourth-order valence-corrected chi connectivity index (χ4v) is 0.924. The summed E-state index contributed by atoms with van der Waals surface area (Å²) in [5.41, 5.74) is 2.82. The molecule has 2 N–H and O–H groups in total. The Hall–Kier alpha value is -1.36. The van der Waals surface area contributed by atoms with Crippen molar-refractivity contribution < 1.29 is 14.4 Å². The van der Waals surface area contributed by atoms with E-state index in [1.54, 1.807) is 0 Å². The molecular formula is C5H4N2O3. The number of imide groups is 1. The van der Waals surface area contributed by atoms with Crippen LogP contribution in [-0.4, -0.2) is 18.4 Å². The molecule has 0 saturated heterocycles. The zero-order valence-electron chi connectivity index (χ0n) is 4.93. The van der Waals surface area contributed by atoms with E-state index in [0.717, 1.165) is 0 Å². The average molecular weight is 140 g/mol. The third-order valence-corrected chi connectivity index (χ3v) is 1.40. The second-order valence-electron chi connectivity index (χ2n) is 2.01. The molecule has 2 heterocycles. The van der Waals surface area contributed by atoms with Crippen molar-refractivity contribution in [3.05, 3.63) is 11.3 Å². The van der Waals surface area contributed by atoms with Crippen molar-refractivity contribution in [3.63, 3.8) is 0 Å². The second kappa shape index (κ2) is 1.57. The zero-order chi connectivity index (χ0) is 7.14. The van der Waals surface area contributed by atoms with Gasteiger partial charge in [-0.1, -0.05) is 0 Å². The Morgan fingerprint density at radius 3 is 2.80 bits per heavy atom. The van der Waals surface area contributed by atoms with Crippen LogP contribution in [0.4, 0.5) is 0 Å². The zero-order valence-corrected chi connectivity index (χ0v) is 4.93. The molecule has 0 saturated carbocycles. The molecule has 0 bridgehead atoms. The maximum atomic E-state index is 10.8. The highest BCUT2D eigenvalue weighted by Gasteiger charge is 2.35. The van der Waals surface area contributed by atoms with E-state index in [9.17, 15) is 9.59 Å². The number of hydrogen-bond acceptors (Lipinski definition) is 4. The Kier molecular flexibility index (Phi) is 0.853. The quantitative estimate of drug-likeness (QED) is 0.399. The lowest BCUT2D eigenvalue weighted by Gasteiger charge is -1.97. The van der Waals surface area contributed by atoms with Crippen molar-refractivity contribution in [1.29, 1.82) is 0 Å². The summed E-state index contributed by atoms with van der Waals surface area (Å²) >= 11 is 0. The largest absolute Gasteiger partial charge is 0.402 e. The molecule has 0 fully saturated rings. The van der Waals surface area contributed by atoms with Gasteiger partial charge in [0.1, 0.15) is 0 Å². The lowest BCUT2D eigenvalue weighted by atomic mass is 10.3. The number of rotatable bonds is 0. The Morgan fingerprint density at radius 2 is 2.10 bits per heavy atom. The molecule has 0 radical (unpaired) electrons. The molecule has 10 heavy (non-hydrogen) atoms. The van der Waals surface area contributed by atoms with Crippen molar-refractivity contribution in [2.24, 2.45) is 0 Å². The van der Waals surface area contributed by atoms with Crippen molar-refractivity contribution in [3.8, 4) is 0 Å². The van der Waals surface area contributed by atoms with Crippen LogP contribution in [0.1, 0.15) is 0 Å². The normalized spacial score (nSPS) is 22.8. The summed E-state index contributed by atoms with van der Waals surface area (Å²) in [6, 6.07) is 0. The number of carbonyl (C=O) groups excluding carboxylic acids is 2. The minimum Gasteiger partial charge on any atom is -0.402 e. The lowest BCUT2D eigenvalue weighted by molar-refractivity contribution is -0.126. The van der Waals surface area contributed by atoms with Crippen molar-refractivity contribution in [2.75, 3.05) is 6.54 Å². The molecule has 2 amide bonds. The van der Waals surface area contributed by atoms with Crippen LogP contribution < -0.4 is 10.8 Å². The summed E-state index contributed by atoms with van der Waals surface area (Å²) in [6.45, 7) is 0.312. The van der Waals surface area contributed by atoms with Gasteiger partial charge in [-0.05, 0) is 0 Å². The van der Waals surface area contributed by atoms with Crippen LogP contribution in [-0.2, 0) is 14.4 Å². The molecule has 2 rings (SSSR count). The highest BCUT2D eigenvalue weighted by molar-refractivity contribution is 6.18. The van der Waals surface area contributed by atoms with E-state index >= 15 is 0 Å². The lowest BCUT2D eigenvalue weighted by Crippen LogP contribution is -2.28. The first-order valence-electron chi connectivity index (χ1n) is 2.77. The van der Waals surface area contributed by atoms with Gasteiger partial charge in [-0.25, -0.2) is 0 Å². The van der Waals surface area contributed by atoms with E-state index in [4.69, 9.17) is 0 Å². The molecule has 0 aromatic heterocycles. The number of hydroxylamine groups is 1. The van der Waals surface area contributed by atoms with Gasteiger partial charge in [0.15, 0.2) is 0 Å². The number of hydrogen-bond donors (Lipinski definition) is 2. The first kappa shape index (κ1) is 5.43. The van der Waals surface area contributed by atoms with Crippen LogP contribution in [0.25, 0.3) is 0 Å². The molecular weight excluding hydrogens is 136 g/mol. The van der Waals surface area contributed by atoms with Crippen molar-refractivity contribution in [2.45, 2.75) is 0 Å². The monoisotopic (exact) mass is 140 g/mol. The SMILES string of the molecule is O=C1NC(=O)C2=C1CNO2. The van der Waals surface area contributed by atoms with Crippen LogP contribution in [0.3, 0.4) is 0 Å². The van der Waals surface area contributed by atoms with E-state index < -0.39 is 5.91 Å². The summed E-state index contributed by atoms with van der Waals surface area (Å²) in [5, 5.41) is 2.10. The highest BCUT2D eigenvalue weighted by Crippen LogP contribution is 2.16. The third kappa shape index (κ3) is 0.496. The molecule has 0 spiro atoms. The minimum atomic E-state index is -0.454. The van der Waals surface area contributed by atoms with E-state index in [1.807, 2.05) is 0 Å². The Labute approximate surface area is 56.0 Å². The summed E-state index contributed by atoms with van der Waals surface area (Å²) < 4.78 is 0. The third-order valence-electron chi connectivity index (χ3n) is 1.40. The van der Waals surface area contributed by atoms with Gasteiger partial charge in [-0.15, -0.1) is 0 Å². The van der Waals surface area contributed by atoms with E-state index in [1.165, 1.54) is 0 Å². The summed E-state index contributed by atoms with van der Waals surface area (Å²) in [5.74, 6) is -0.694. The number of carbonyl (C=O) groups is 2. The first-order chi connectivity index (χ1) is 4.79. The topological polar surface area (TPSA) is 67.4 Å². The maximum Gasteiger partial charge on any atom is 0.296 e. The van der Waals surface area contributed by atoms with Gasteiger partial charge in [0, 0.05) is 0 Å². The molecule has 0 atom stereocenters. The smallest absolute Gasteiger partial charge is 0.296 e. The fourth-order valence-electron chi connectivity index (χ4n) is 0.924. The maximum absolute atomic E-state index is 10.8. The molecule has 0 aromatic rings. The Morgan fingerprint density at radius 1 is 1.30 bits per heavy atom. The second-order valence-corrected chi connectivity index (χ2v) is 2.01. The van der Waals surface area contributed by atoms with Gasteiger partial charge < -0.3 is 4.84 Å². The van der Waals surface area contributed by atoms with Crippen LogP contribution >= 0.6 is 0 Å². The summed E-state index contributed by atoms with van der Waals surface area (Å²) in [6.07, 6.45) is 0. The summed E-state index contributed by atoms with van der Waals surface area (Å²) in [4.78, 5) is 26.1. The van der Waals surface area contributed by atoms with Gasteiger partial charge in [0.05, 0.1) is 12.1 Å². The van der Waals surface area contributed by atoms with Gasteiger partial charge in [0.25, 0.3) is 11.8 Å².